The standard InChI is InChI=1S/C10H15N5S/c1-7-8(6-13-14-7)3-2-4-12-10-5-9(11)15-16-10/h5-6,12H,2-4H2,1H3,(H2,11,15)(H,13,14). The molecule has 2 heterocycles. The summed E-state index contributed by atoms with van der Waals surface area (Å²) in [5, 5.41) is 11.2. The lowest BCUT2D eigenvalue weighted by molar-refractivity contribution is 0.859. The Balaban J connectivity index is 1.71. The molecule has 2 rings (SSSR count). The molecule has 0 atom stereocenters. The van der Waals surface area contributed by atoms with Gasteiger partial charge in [-0.1, -0.05) is 0 Å². The average molecular weight is 237 g/mol. The van der Waals surface area contributed by atoms with Gasteiger partial charge in [-0.3, -0.25) is 5.10 Å². The van der Waals surface area contributed by atoms with E-state index in [1.807, 2.05) is 19.2 Å². The Hall–Kier alpha value is -1.56. The second-order valence-corrected chi connectivity index (χ2v) is 4.47. The lowest BCUT2D eigenvalue weighted by Gasteiger charge is -2.02. The number of H-pyrrole nitrogens is 1. The molecule has 4 N–H and O–H groups in total. The molecule has 16 heavy (non-hydrogen) atoms. The third-order valence-corrected chi connectivity index (χ3v) is 3.15. The first-order chi connectivity index (χ1) is 7.75. The molecule has 2 aromatic heterocycles. The lowest BCUT2D eigenvalue weighted by Crippen LogP contribution is -2.01. The molecule has 0 saturated heterocycles. The van der Waals surface area contributed by atoms with Gasteiger partial charge < -0.3 is 11.1 Å². The van der Waals surface area contributed by atoms with E-state index in [9.17, 15) is 0 Å². The molecule has 6 heteroatoms. The van der Waals surface area contributed by atoms with Crippen molar-refractivity contribution in [3.8, 4) is 0 Å². The topological polar surface area (TPSA) is 79.6 Å². The normalized spacial score (nSPS) is 10.6. The Bertz CT molecular complexity index is 448. The van der Waals surface area contributed by atoms with Crippen molar-refractivity contribution < 1.29 is 0 Å². The van der Waals surface area contributed by atoms with Crippen LogP contribution in [0, 0.1) is 6.92 Å². The van der Waals surface area contributed by atoms with E-state index in [4.69, 9.17) is 5.73 Å². The molecule has 0 saturated carbocycles. The highest BCUT2D eigenvalue weighted by atomic mass is 32.1. The molecule has 0 amide bonds. The number of nitrogen functional groups attached to an aromatic ring is 1. The smallest absolute Gasteiger partial charge is 0.139 e. The molecule has 2 aromatic rings. The maximum Gasteiger partial charge on any atom is 0.139 e. The molecule has 0 aromatic carbocycles. The number of nitrogens with two attached hydrogens (primary N) is 1. The highest BCUT2D eigenvalue weighted by Crippen LogP contribution is 2.17. The Morgan fingerprint density at radius 1 is 1.56 bits per heavy atom. The van der Waals surface area contributed by atoms with Crippen molar-refractivity contribution in [3.05, 3.63) is 23.5 Å². The summed E-state index contributed by atoms with van der Waals surface area (Å²) in [6.45, 7) is 2.96. The summed E-state index contributed by atoms with van der Waals surface area (Å²) >= 11 is 1.40. The molecule has 0 fully saturated rings. The van der Waals surface area contributed by atoms with Gasteiger partial charge >= 0.3 is 0 Å². The van der Waals surface area contributed by atoms with E-state index in [0.29, 0.717) is 5.82 Å². The second kappa shape index (κ2) is 4.98. The minimum atomic E-state index is 0.582. The fourth-order valence-electron chi connectivity index (χ4n) is 1.49. The van der Waals surface area contributed by atoms with Crippen LogP contribution in [0.2, 0.25) is 0 Å². The molecule has 0 aliphatic heterocycles. The molecule has 0 aliphatic carbocycles. The number of anilines is 2. The maximum absolute atomic E-state index is 5.53. The first-order valence-corrected chi connectivity index (χ1v) is 5.98. The first kappa shape index (κ1) is 10.9. The maximum atomic E-state index is 5.53. The van der Waals surface area contributed by atoms with E-state index < -0.39 is 0 Å². The molecule has 0 unspecified atom stereocenters. The molecule has 0 radical (unpaired) electrons. The summed E-state index contributed by atoms with van der Waals surface area (Å²) in [5.74, 6) is 0.582. The van der Waals surface area contributed by atoms with Crippen LogP contribution in [0.25, 0.3) is 0 Å². The Kier molecular flexibility index (Phi) is 3.40. The molecule has 0 bridgehead atoms. The van der Waals surface area contributed by atoms with Crippen molar-refractivity contribution in [1.82, 2.24) is 14.6 Å². The van der Waals surface area contributed by atoms with E-state index in [1.165, 1.54) is 17.1 Å². The zero-order valence-electron chi connectivity index (χ0n) is 9.16. The monoisotopic (exact) mass is 237 g/mol. The zero-order valence-corrected chi connectivity index (χ0v) is 9.97. The van der Waals surface area contributed by atoms with Crippen molar-refractivity contribution in [2.24, 2.45) is 0 Å². The van der Waals surface area contributed by atoms with Gasteiger partial charge in [0, 0.05) is 18.3 Å². The van der Waals surface area contributed by atoms with Gasteiger partial charge in [-0.2, -0.15) is 9.47 Å². The minimum absolute atomic E-state index is 0.582. The Labute approximate surface area is 98.2 Å². The number of nitrogens with zero attached hydrogens (tertiary/aromatic N) is 2. The van der Waals surface area contributed by atoms with Gasteiger partial charge in [0.05, 0.1) is 6.20 Å². The van der Waals surface area contributed by atoms with Crippen LogP contribution in [-0.2, 0) is 6.42 Å². The van der Waals surface area contributed by atoms with Crippen LogP contribution >= 0.6 is 11.5 Å². The van der Waals surface area contributed by atoms with Crippen LogP contribution in [0.3, 0.4) is 0 Å². The van der Waals surface area contributed by atoms with E-state index in [-0.39, 0.29) is 0 Å². The van der Waals surface area contributed by atoms with Gasteiger partial charge in [-0.15, -0.1) is 0 Å². The van der Waals surface area contributed by atoms with Crippen molar-refractivity contribution in [2.45, 2.75) is 19.8 Å². The summed E-state index contributed by atoms with van der Waals surface area (Å²) in [6.07, 6.45) is 3.99. The van der Waals surface area contributed by atoms with E-state index in [2.05, 4.69) is 19.9 Å². The molecule has 5 nitrogen and oxygen atoms in total. The first-order valence-electron chi connectivity index (χ1n) is 5.20. The summed E-state index contributed by atoms with van der Waals surface area (Å²) < 4.78 is 4.00. The number of aryl methyl sites for hydroxylation is 2. The second-order valence-electron chi connectivity index (χ2n) is 3.67. The van der Waals surface area contributed by atoms with Crippen molar-refractivity contribution in [2.75, 3.05) is 17.6 Å². The number of hydrogen-bond acceptors (Lipinski definition) is 5. The van der Waals surface area contributed by atoms with Gasteiger partial charge in [-0.25, -0.2) is 0 Å². The fourth-order valence-corrected chi connectivity index (χ4v) is 2.09. The van der Waals surface area contributed by atoms with Gasteiger partial charge in [-0.05, 0) is 36.9 Å². The quantitative estimate of drug-likeness (QED) is 0.693. The van der Waals surface area contributed by atoms with Crippen LogP contribution in [0.15, 0.2) is 12.3 Å². The summed E-state index contributed by atoms with van der Waals surface area (Å²) in [6, 6.07) is 1.85. The van der Waals surface area contributed by atoms with Gasteiger partial charge in [0.1, 0.15) is 10.8 Å². The molecular formula is C10H15N5S. The van der Waals surface area contributed by atoms with Crippen LogP contribution < -0.4 is 11.1 Å². The predicted molar refractivity (Wildman–Crippen MR) is 66.7 cm³/mol. The predicted octanol–water partition coefficient (Wildman–Crippen LogP) is 1.80. The largest absolute Gasteiger partial charge is 0.383 e. The van der Waals surface area contributed by atoms with Gasteiger partial charge in [0.2, 0.25) is 0 Å². The SMILES string of the molecule is Cc1[nH]ncc1CCCNc1cc(N)ns1. The van der Waals surface area contributed by atoms with E-state index >= 15 is 0 Å². The van der Waals surface area contributed by atoms with Crippen LogP contribution in [0.4, 0.5) is 10.8 Å². The third kappa shape index (κ3) is 2.73. The van der Waals surface area contributed by atoms with Crippen LogP contribution in [0.5, 0.6) is 0 Å². The number of aromatic amines is 1. The van der Waals surface area contributed by atoms with Gasteiger partial charge in [0.15, 0.2) is 0 Å². The minimum Gasteiger partial charge on any atom is -0.383 e. The molecule has 86 valence electrons. The number of nitrogens with one attached hydrogen (secondary N) is 2. The lowest BCUT2D eigenvalue weighted by atomic mass is 10.1. The Morgan fingerprint density at radius 3 is 3.06 bits per heavy atom. The summed E-state index contributed by atoms with van der Waals surface area (Å²) in [4.78, 5) is 0. The summed E-state index contributed by atoms with van der Waals surface area (Å²) in [7, 11) is 0. The highest BCUT2D eigenvalue weighted by molar-refractivity contribution is 7.10. The molecule has 0 aliphatic rings. The number of rotatable bonds is 5. The Morgan fingerprint density at radius 2 is 2.44 bits per heavy atom. The highest BCUT2D eigenvalue weighted by Gasteiger charge is 2.00. The van der Waals surface area contributed by atoms with Crippen molar-refractivity contribution >= 4 is 22.4 Å². The van der Waals surface area contributed by atoms with E-state index in [0.717, 1.165) is 30.1 Å². The van der Waals surface area contributed by atoms with Crippen LogP contribution in [-0.4, -0.2) is 21.1 Å². The van der Waals surface area contributed by atoms with Crippen molar-refractivity contribution in [1.29, 1.82) is 0 Å². The average Bonchev–Trinajstić information content (AvgIpc) is 2.83. The van der Waals surface area contributed by atoms with Gasteiger partial charge in [0.25, 0.3) is 0 Å². The number of aromatic nitrogens is 3. The van der Waals surface area contributed by atoms with Crippen molar-refractivity contribution in [3.63, 3.8) is 0 Å². The third-order valence-electron chi connectivity index (χ3n) is 2.38. The summed E-state index contributed by atoms with van der Waals surface area (Å²) in [5.41, 5.74) is 7.96. The zero-order chi connectivity index (χ0) is 11.4. The molecular weight excluding hydrogens is 222 g/mol. The molecule has 0 spiro atoms. The van der Waals surface area contributed by atoms with E-state index in [1.54, 1.807) is 0 Å². The number of hydrogen-bond donors (Lipinski definition) is 3. The van der Waals surface area contributed by atoms with Crippen LogP contribution in [0.1, 0.15) is 17.7 Å². The fraction of sp³-hybridized carbons (Fsp3) is 0.400.